The molecule has 2 fully saturated rings. The molecule has 120 valence electrons. The van der Waals surface area contributed by atoms with Crippen LogP contribution in [0.25, 0.3) is 0 Å². The van der Waals surface area contributed by atoms with E-state index in [4.69, 9.17) is 0 Å². The molecule has 1 aliphatic heterocycles. The van der Waals surface area contributed by atoms with Crippen LogP contribution in [0, 0.1) is 0 Å². The second-order valence-corrected chi connectivity index (χ2v) is 6.69. The van der Waals surface area contributed by atoms with Gasteiger partial charge in [-0.25, -0.2) is 0 Å². The first kappa shape index (κ1) is 15.3. The topological polar surface area (TPSA) is 35.6 Å². The van der Waals surface area contributed by atoms with E-state index in [0.29, 0.717) is 12.6 Å². The average molecular weight is 301 g/mol. The highest BCUT2D eigenvalue weighted by atomic mass is 16.2. The first-order chi connectivity index (χ1) is 10.7. The molecule has 22 heavy (non-hydrogen) atoms. The maximum Gasteiger partial charge on any atom is 0.234 e. The van der Waals surface area contributed by atoms with Gasteiger partial charge < -0.3 is 10.2 Å². The maximum atomic E-state index is 11.9. The van der Waals surface area contributed by atoms with E-state index >= 15 is 0 Å². The lowest BCUT2D eigenvalue weighted by Crippen LogP contribution is -2.36. The Morgan fingerprint density at radius 2 is 1.95 bits per heavy atom. The number of carbonyl (C=O) groups is 1. The quantitative estimate of drug-likeness (QED) is 0.876. The second kappa shape index (κ2) is 7.14. The molecule has 1 amide bonds. The first-order valence-electron chi connectivity index (χ1n) is 8.53. The van der Waals surface area contributed by atoms with E-state index in [9.17, 15) is 4.79 Å². The van der Waals surface area contributed by atoms with Gasteiger partial charge in [0.25, 0.3) is 0 Å². The van der Waals surface area contributed by atoms with Crippen LogP contribution in [0.4, 0.5) is 5.69 Å². The Bertz CT molecular complexity index is 507. The third-order valence-corrected chi connectivity index (χ3v) is 4.48. The zero-order chi connectivity index (χ0) is 15.4. The third-order valence-electron chi connectivity index (χ3n) is 4.48. The molecule has 0 atom stereocenters. The highest BCUT2D eigenvalue weighted by molar-refractivity contribution is 5.78. The van der Waals surface area contributed by atoms with Crippen LogP contribution in [0.2, 0.25) is 0 Å². The first-order valence-corrected chi connectivity index (χ1v) is 8.53. The number of carbonyl (C=O) groups excluding carboxylic acids is 1. The van der Waals surface area contributed by atoms with Crippen molar-refractivity contribution >= 4 is 11.6 Å². The van der Waals surface area contributed by atoms with Crippen molar-refractivity contribution in [2.45, 2.75) is 44.7 Å². The van der Waals surface area contributed by atoms with Crippen molar-refractivity contribution in [1.82, 2.24) is 10.2 Å². The summed E-state index contributed by atoms with van der Waals surface area (Å²) in [6.07, 6.45) is 6.21. The Morgan fingerprint density at radius 1 is 1.23 bits per heavy atom. The fourth-order valence-corrected chi connectivity index (χ4v) is 3.18. The second-order valence-electron chi connectivity index (χ2n) is 6.69. The number of likely N-dealkylation sites (N-methyl/N-ethyl adjacent to an activating group) is 1. The summed E-state index contributed by atoms with van der Waals surface area (Å²) < 4.78 is 0. The van der Waals surface area contributed by atoms with E-state index < -0.39 is 0 Å². The van der Waals surface area contributed by atoms with Gasteiger partial charge in [0.15, 0.2) is 0 Å². The zero-order valence-electron chi connectivity index (χ0n) is 13.6. The van der Waals surface area contributed by atoms with Crippen molar-refractivity contribution in [3.63, 3.8) is 0 Å². The van der Waals surface area contributed by atoms with Crippen molar-refractivity contribution in [3.05, 3.63) is 29.8 Å². The number of para-hydroxylation sites is 1. The molecular formula is C18H27N3O. The Hall–Kier alpha value is -1.55. The van der Waals surface area contributed by atoms with Gasteiger partial charge in [0.2, 0.25) is 5.91 Å². The van der Waals surface area contributed by atoms with Crippen LogP contribution < -0.4 is 10.2 Å². The number of benzene rings is 1. The number of amides is 1. The van der Waals surface area contributed by atoms with Crippen molar-refractivity contribution in [3.8, 4) is 0 Å². The average Bonchev–Trinajstić information content (AvgIpc) is 3.32. The summed E-state index contributed by atoms with van der Waals surface area (Å²) in [5, 5.41) is 3.06. The van der Waals surface area contributed by atoms with Gasteiger partial charge in [0, 0.05) is 31.4 Å². The molecule has 3 rings (SSSR count). The van der Waals surface area contributed by atoms with Gasteiger partial charge in [-0.1, -0.05) is 18.2 Å². The lowest BCUT2D eigenvalue weighted by atomic mass is 10.1. The zero-order valence-corrected chi connectivity index (χ0v) is 13.6. The highest BCUT2D eigenvalue weighted by Crippen LogP contribution is 2.25. The van der Waals surface area contributed by atoms with Crippen LogP contribution in [0.5, 0.6) is 0 Å². The summed E-state index contributed by atoms with van der Waals surface area (Å²) >= 11 is 0. The molecule has 1 saturated heterocycles. The largest absolute Gasteiger partial charge is 0.371 e. The Labute approximate surface area is 133 Å². The van der Waals surface area contributed by atoms with Gasteiger partial charge in [0.05, 0.1) is 6.54 Å². The van der Waals surface area contributed by atoms with E-state index in [0.717, 1.165) is 32.5 Å². The molecule has 4 heteroatoms. The minimum absolute atomic E-state index is 0.153. The maximum absolute atomic E-state index is 11.9. The Balaban J connectivity index is 1.59. The smallest absolute Gasteiger partial charge is 0.234 e. The monoisotopic (exact) mass is 301 g/mol. The number of piperidine rings is 1. The molecule has 4 nitrogen and oxygen atoms in total. The van der Waals surface area contributed by atoms with Crippen LogP contribution in [-0.4, -0.2) is 43.5 Å². The number of hydrogen-bond acceptors (Lipinski definition) is 3. The van der Waals surface area contributed by atoms with Crippen molar-refractivity contribution in [2.24, 2.45) is 0 Å². The lowest BCUT2D eigenvalue weighted by Gasteiger charge is -2.31. The molecule has 2 aliphatic rings. The Morgan fingerprint density at radius 3 is 2.68 bits per heavy atom. The van der Waals surface area contributed by atoms with Crippen LogP contribution >= 0.6 is 0 Å². The molecule has 1 heterocycles. The predicted molar refractivity (Wildman–Crippen MR) is 90.0 cm³/mol. The van der Waals surface area contributed by atoms with E-state index in [1.165, 1.54) is 30.5 Å². The molecule has 1 saturated carbocycles. The van der Waals surface area contributed by atoms with Gasteiger partial charge in [-0.2, -0.15) is 0 Å². The van der Waals surface area contributed by atoms with Gasteiger partial charge in [-0.15, -0.1) is 0 Å². The third kappa shape index (κ3) is 4.23. The number of hydrogen-bond donors (Lipinski definition) is 1. The van der Waals surface area contributed by atoms with E-state index in [1.54, 1.807) is 0 Å². The van der Waals surface area contributed by atoms with Crippen molar-refractivity contribution in [1.29, 1.82) is 0 Å². The van der Waals surface area contributed by atoms with Gasteiger partial charge >= 0.3 is 0 Å². The van der Waals surface area contributed by atoms with Crippen molar-refractivity contribution in [2.75, 3.05) is 31.6 Å². The standard InChI is InChI=1S/C18H27N3O/c1-20(14-18(22)19-16-9-10-16)13-15-7-3-4-8-17(15)21-11-5-2-6-12-21/h3-4,7-8,16H,2,5-6,9-14H2,1H3,(H,19,22). The van der Waals surface area contributed by atoms with Crippen LogP contribution in [0.15, 0.2) is 24.3 Å². The predicted octanol–water partition coefficient (Wildman–Crippen LogP) is 2.39. The van der Waals surface area contributed by atoms with Crippen molar-refractivity contribution < 1.29 is 4.79 Å². The normalized spacial score (nSPS) is 18.5. The number of rotatable bonds is 6. The summed E-state index contributed by atoms with van der Waals surface area (Å²) in [5.41, 5.74) is 2.67. The number of anilines is 1. The molecule has 1 aliphatic carbocycles. The summed E-state index contributed by atoms with van der Waals surface area (Å²) in [6, 6.07) is 9.08. The lowest BCUT2D eigenvalue weighted by molar-refractivity contribution is -0.122. The van der Waals surface area contributed by atoms with E-state index in [2.05, 4.69) is 39.4 Å². The molecule has 1 N–H and O–H groups in total. The number of nitrogens with zero attached hydrogens (tertiary/aromatic N) is 2. The minimum Gasteiger partial charge on any atom is -0.371 e. The fraction of sp³-hybridized carbons (Fsp3) is 0.611. The van der Waals surface area contributed by atoms with Gasteiger partial charge in [-0.3, -0.25) is 9.69 Å². The molecule has 1 aromatic carbocycles. The molecule has 0 unspecified atom stereocenters. The summed E-state index contributed by atoms with van der Waals surface area (Å²) in [5.74, 6) is 0.153. The molecule has 0 spiro atoms. The highest BCUT2D eigenvalue weighted by Gasteiger charge is 2.23. The summed E-state index contributed by atoms with van der Waals surface area (Å²) in [6.45, 7) is 3.61. The summed E-state index contributed by atoms with van der Waals surface area (Å²) in [4.78, 5) is 16.5. The van der Waals surface area contributed by atoms with E-state index in [-0.39, 0.29) is 5.91 Å². The molecular weight excluding hydrogens is 274 g/mol. The van der Waals surface area contributed by atoms with Crippen LogP contribution in [0.3, 0.4) is 0 Å². The van der Waals surface area contributed by atoms with Gasteiger partial charge in [-0.05, 0) is 50.8 Å². The van der Waals surface area contributed by atoms with Gasteiger partial charge in [0.1, 0.15) is 0 Å². The van der Waals surface area contributed by atoms with E-state index in [1.807, 2.05) is 7.05 Å². The van der Waals surface area contributed by atoms with Crippen LogP contribution in [0.1, 0.15) is 37.7 Å². The number of nitrogens with one attached hydrogen (secondary N) is 1. The molecule has 0 aromatic heterocycles. The summed E-state index contributed by atoms with van der Waals surface area (Å²) in [7, 11) is 2.03. The molecule has 1 aromatic rings. The van der Waals surface area contributed by atoms with Crippen LogP contribution in [-0.2, 0) is 11.3 Å². The molecule has 0 bridgehead atoms. The Kier molecular flexibility index (Phi) is 4.98. The fourth-order valence-electron chi connectivity index (χ4n) is 3.18. The SMILES string of the molecule is CN(CC(=O)NC1CC1)Cc1ccccc1N1CCCCC1. The minimum atomic E-state index is 0.153. The molecule has 0 radical (unpaired) electrons.